The number of ether oxygens (including phenoxy) is 1. The third kappa shape index (κ3) is 3.70. The molecule has 0 radical (unpaired) electrons. The van der Waals surface area contributed by atoms with E-state index in [1.54, 1.807) is 7.11 Å². The van der Waals surface area contributed by atoms with Crippen LogP contribution in [0.25, 0.3) is 0 Å². The summed E-state index contributed by atoms with van der Waals surface area (Å²) in [7, 11) is 1.72. The number of nitrogens with one attached hydrogen (secondary N) is 1. The average molecular weight is 262 g/mol. The Morgan fingerprint density at radius 3 is 2.68 bits per heavy atom. The van der Waals surface area contributed by atoms with E-state index in [2.05, 4.69) is 12.2 Å². The van der Waals surface area contributed by atoms with E-state index in [1.165, 1.54) is 0 Å². The molecular formula is C15H22N2O2. The average Bonchev–Trinajstić information content (AvgIpc) is 2.84. The first-order chi connectivity index (χ1) is 9.20. The molecule has 1 heterocycles. The van der Waals surface area contributed by atoms with Crippen LogP contribution in [0, 0.1) is 5.92 Å². The molecule has 1 N–H and O–H groups in total. The number of amides is 1. The van der Waals surface area contributed by atoms with Gasteiger partial charge in [-0.25, -0.2) is 0 Å². The summed E-state index contributed by atoms with van der Waals surface area (Å²) in [4.78, 5) is 13.5. The first-order valence-corrected chi connectivity index (χ1v) is 6.84. The quantitative estimate of drug-likeness (QED) is 0.856. The predicted octanol–water partition coefficient (Wildman–Crippen LogP) is 2.51. The van der Waals surface area contributed by atoms with E-state index in [-0.39, 0.29) is 5.91 Å². The van der Waals surface area contributed by atoms with Gasteiger partial charge in [0.05, 0.1) is 6.61 Å². The summed E-state index contributed by atoms with van der Waals surface area (Å²) in [6, 6.07) is 8.07. The number of nitrogens with zero attached hydrogens (tertiary/aromatic N) is 1. The van der Waals surface area contributed by atoms with Gasteiger partial charge in [-0.05, 0) is 36.6 Å². The Balaban J connectivity index is 1.89. The van der Waals surface area contributed by atoms with E-state index in [9.17, 15) is 4.79 Å². The highest BCUT2D eigenvalue weighted by Crippen LogP contribution is 2.23. The van der Waals surface area contributed by atoms with Crippen LogP contribution in [0.2, 0.25) is 0 Å². The van der Waals surface area contributed by atoms with Crippen LogP contribution in [0.3, 0.4) is 0 Å². The second-order valence-electron chi connectivity index (χ2n) is 5.14. The number of carbonyl (C=O) groups excluding carboxylic acids is 1. The lowest BCUT2D eigenvalue weighted by Crippen LogP contribution is -2.23. The second kappa shape index (κ2) is 6.57. The Bertz CT molecular complexity index is 417. The maximum absolute atomic E-state index is 11.6. The van der Waals surface area contributed by atoms with Crippen molar-refractivity contribution in [3.05, 3.63) is 24.3 Å². The maximum atomic E-state index is 11.6. The smallest absolute Gasteiger partial charge is 0.227 e. The lowest BCUT2D eigenvalue weighted by atomic mass is 10.2. The van der Waals surface area contributed by atoms with Gasteiger partial charge in [0.1, 0.15) is 0 Å². The second-order valence-corrected chi connectivity index (χ2v) is 5.14. The summed E-state index contributed by atoms with van der Waals surface area (Å²) in [5, 5.41) is 3.37. The van der Waals surface area contributed by atoms with Crippen LogP contribution in [0.15, 0.2) is 24.3 Å². The number of anilines is 2. The maximum Gasteiger partial charge on any atom is 0.227 e. The minimum atomic E-state index is 0.231. The molecule has 0 aliphatic carbocycles. The van der Waals surface area contributed by atoms with E-state index >= 15 is 0 Å². The molecule has 4 nitrogen and oxygen atoms in total. The van der Waals surface area contributed by atoms with Crippen LogP contribution in [0.5, 0.6) is 0 Å². The van der Waals surface area contributed by atoms with Gasteiger partial charge in [-0.15, -0.1) is 0 Å². The molecular weight excluding hydrogens is 240 g/mol. The molecule has 1 atom stereocenters. The normalized spacial score (nSPS) is 16.7. The van der Waals surface area contributed by atoms with Crippen LogP contribution in [-0.2, 0) is 9.53 Å². The first-order valence-electron chi connectivity index (χ1n) is 6.84. The Labute approximate surface area is 114 Å². The number of carbonyl (C=O) groups is 1. The molecule has 1 amide bonds. The lowest BCUT2D eigenvalue weighted by Gasteiger charge is -2.17. The van der Waals surface area contributed by atoms with Crippen molar-refractivity contribution < 1.29 is 9.53 Å². The van der Waals surface area contributed by atoms with Crippen LogP contribution >= 0.6 is 0 Å². The molecule has 2 rings (SSSR count). The fourth-order valence-corrected chi connectivity index (χ4v) is 2.32. The van der Waals surface area contributed by atoms with Gasteiger partial charge >= 0.3 is 0 Å². The summed E-state index contributed by atoms with van der Waals surface area (Å²) >= 11 is 0. The molecule has 1 aliphatic heterocycles. The van der Waals surface area contributed by atoms with Crippen molar-refractivity contribution in [1.29, 1.82) is 0 Å². The first kappa shape index (κ1) is 13.9. The number of benzene rings is 1. The molecule has 1 unspecified atom stereocenters. The monoisotopic (exact) mass is 262 g/mol. The number of hydrogen-bond donors (Lipinski definition) is 1. The van der Waals surface area contributed by atoms with Gasteiger partial charge < -0.3 is 15.0 Å². The minimum absolute atomic E-state index is 0.231. The Kier molecular flexibility index (Phi) is 4.80. The van der Waals surface area contributed by atoms with Gasteiger partial charge in [0.2, 0.25) is 5.91 Å². The summed E-state index contributed by atoms with van der Waals surface area (Å²) < 4.78 is 5.11. The fraction of sp³-hybridized carbons (Fsp3) is 0.533. The standard InChI is InChI=1S/C15H22N2O2/c1-12(11-19-2)10-16-13-5-7-14(8-6-13)17-9-3-4-15(17)18/h5-8,12,16H,3-4,9-11H2,1-2H3. The summed E-state index contributed by atoms with van der Waals surface area (Å²) in [5.41, 5.74) is 2.08. The highest BCUT2D eigenvalue weighted by Gasteiger charge is 2.21. The largest absolute Gasteiger partial charge is 0.385 e. The van der Waals surface area contributed by atoms with Crippen molar-refractivity contribution in [2.24, 2.45) is 5.92 Å². The van der Waals surface area contributed by atoms with Gasteiger partial charge in [-0.3, -0.25) is 4.79 Å². The van der Waals surface area contributed by atoms with Crippen LogP contribution in [0.4, 0.5) is 11.4 Å². The molecule has 19 heavy (non-hydrogen) atoms. The summed E-state index contributed by atoms with van der Waals surface area (Å²) in [5.74, 6) is 0.708. The Morgan fingerprint density at radius 2 is 2.11 bits per heavy atom. The van der Waals surface area contributed by atoms with Crippen LogP contribution in [0.1, 0.15) is 19.8 Å². The third-order valence-electron chi connectivity index (χ3n) is 3.36. The minimum Gasteiger partial charge on any atom is -0.385 e. The molecule has 1 aliphatic rings. The molecule has 1 fully saturated rings. The third-order valence-corrected chi connectivity index (χ3v) is 3.36. The van der Waals surface area contributed by atoms with Crippen molar-refractivity contribution in [1.82, 2.24) is 0 Å². The topological polar surface area (TPSA) is 41.6 Å². The number of rotatable bonds is 6. The van der Waals surface area contributed by atoms with Gasteiger partial charge in [0.15, 0.2) is 0 Å². The van der Waals surface area contributed by atoms with Crippen LogP contribution in [-0.4, -0.2) is 32.7 Å². The van der Waals surface area contributed by atoms with Gasteiger partial charge in [0, 0.05) is 38.0 Å². The van der Waals surface area contributed by atoms with Crippen molar-refractivity contribution in [2.45, 2.75) is 19.8 Å². The fourth-order valence-electron chi connectivity index (χ4n) is 2.32. The van der Waals surface area contributed by atoms with E-state index in [4.69, 9.17) is 4.74 Å². The molecule has 104 valence electrons. The zero-order valence-electron chi connectivity index (χ0n) is 11.7. The molecule has 1 aromatic rings. The predicted molar refractivity (Wildman–Crippen MR) is 77.6 cm³/mol. The Morgan fingerprint density at radius 1 is 1.37 bits per heavy atom. The number of methoxy groups -OCH3 is 1. The summed E-state index contributed by atoms with van der Waals surface area (Å²) in [6.45, 7) is 4.63. The molecule has 0 saturated carbocycles. The van der Waals surface area contributed by atoms with Crippen molar-refractivity contribution in [3.8, 4) is 0 Å². The highest BCUT2D eigenvalue weighted by atomic mass is 16.5. The SMILES string of the molecule is COCC(C)CNc1ccc(N2CCCC2=O)cc1. The molecule has 1 aromatic carbocycles. The number of hydrogen-bond acceptors (Lipinski definition) is 3. The summed E-state index contributed by atoms with van der Waals surface area (Å²) in [6.07, 6.45) is 1.64. The van der Waals surface area contributed by atoms with E-state index in [0.29, 0.717) is 12.3 Å². The van der Waals surface area contributed by atoms with E-state index < -0.39 is 0 Å². The molecule has 0 bridgehead atoms. The van der Waals surface area contributed by atoms with Crippen molar-refractivity contribution >= 4 is 17.3 Å². The van der Waals surface area contributed by atoms with Crippen molar-refractivity contribution in [3.63, 3.8) is 0 Å². The highest BCUT2D eigenvalue weighted by molar-refractivity contribution is 5.95. The Hall–Kier alpha value is -1.55. The molecule has 0 spiro atoms. The van der Waals surface area contributed by atoms with E-state index in [0.717, 1.165) is 37.5 Å². The van der Waals surface area contributed by atoms with Gasteiger partial charge in [0.25, 0.3) is 0 Å². The zero-order chi connectivity index (χ0) is 13.7. The van der Waals surface area contributed by atoms with Crippen LogP contribution < -0.4 is 10.2 Å². The molecule has 0 aromatic heterocycles. The van der Waals surface area contributed by atoms with Crippen molar-refractivity contribution in [2.75, 3.05) is 37.0 Å². The van der Waals surface area contributed by atoms with Gasteiger partial charge in [-0.1, -0.05) is 6.92 Å². The van der Waals surface area contributed by atoms with E-state index in [1.807, 2.05) is 29.2 Å². The van der Waals surface area contributed by atoms with Gasteiger partial charge in [-0.2, -0.15) is 0 Å². The zero-order valence-corrected chi connectivity index (χ0v) is 11.7. The molecule has 1 saturated heterocycles. The lowest BCUT2D eigenvalue weighted by molar-refractivity contribution is -0.117. The molecule has 4 heteroatoms.